The molecule has 0 bridgehead atoms. The van der Waals surface area contributed by atoms with Gasteiger partial charge < -0.3 is 21.3 Å². The van der Waals surface area contributed by atoms with Gasteiger partial charge in [0.1, 0.15) is 18.0 Å². The van der Waals surface area contributed by atoms with E-state index in [4.69, 9.17) is 102 Å². The molecule has 0 unspecified atom stereocenters. The number of nitriles is 4. The van der Waals surface area contributed by atoms with E-state index in [9.17, 15) is 23.6 Å². The normalized spacial score (nSPS) is 11.5. The van der Waals surface area contributed by atoms with Crippen molar-refractivity contribution >= 4 is 169 Å². The summed E-state index contributed by atoms with van der Waals surface area (Å²) >= 11 is 56.0. The largest absolute Gasteiger partial charge is 0.340 e. The molecule has 12 aromatic rings. The second-order valence-corrected chi connectivity index (χ2v) is 30.6. The van der Waals surface area contributed by atoms with Crippen molar-refractivity contribution in [2.45, 2.75) is 44.9 Å². The van der Waals surface area contributed by atoms with Gasteiger partial charge in [0.25, 0.3) is 23.6 Å². The highest BCUT2D eigenvalue weighted by Gasteiger charge is 2.26. The molecular weight excluding hydrogens is 1820 g/mol. The molecule has 0 aliphatic heterocycles. The van der Waals surface area contributed by atoms with Crippen LogP contribution in [0.5, 0.6) is 0 Å². The van der Waals surface area contributed by atoms with Crippen LogP contribution in [0.1, 0.15) is 150 Å². The summed E-state index contributed by atoms with van der Waals surface area (Å²) in [6.45, 7) is 5.64. The van der Waals surface area contributed by atoms with Gasteiger partial charge in [-0.2, -0.15) is 21.0 Å². The van der Waals surface area contributed by atoms with E-state index in [1.165, 1.54) is 24.3 Å². The minimum Gasteiger partial charge on any atom is -0.340 e. The maximum atomic E-state index is 13.9. The van der Waals surface area contributed by atoms with Crippen LogP contribution >= 0.6 is 145 Å². The minimum absolute atomic E-state index is 0.0821. The zero-order valence-corrected chi connectivity index (χ0v) is 69.6. The number of aromatic nitrogens is 4. The number of hydrogen-bond donors (Lipinski definition) is 4. The van der Waals surface area contributed by atoms with Crippen molar-refractivity contribution in [3.8, 4) is 24.3 Å². The van der Waals surface area contributed by atoms with E-state index in [-0.39, 0.29) is 39.9 Å². The summed E-state index contributed by atoms with van der Waals surface area (Å²) in [6.07, 6.45) is 6.63. The zero-order chi connectivity index (χ0) is 80.2. The Morgan fingerprint density at radius 1 is 0.324 bits per heavy atom. The fraction of sp³-hybridized carbons (Fsp3) is 0.0843. The molecule has 4 aromatic heterocycles. The number of amides is 4. The molecule has 4 heterocycles. The first-order valence-corrected chi connectivity index (χ1v) is 38.5. The van der Waals surface area contributed by atoms with E-state index < -0.39 is 29.8 Å². The lowest BCUT2D eigenvalue weighted by atomic mass is 10.0. The van der Waals surface area contributed by atoms with E-state index in [2.05, 4.69) is 117 Å². The third kappa shape index (κ3) is 23.3. The highest BCUT2D eigenvalue weighted by atomic mass is 79.9. The Balaban J connectivity index is 0.000000170. The van der Waals surface area contributed by atoms with Crippen LogP contribution in [0.4, 0.5) is 4.39 Å². The van der Waals surface area contributed by atoms with Crippen LogP contribution in [0.2, 0.25) is 35.2 Å². The Morgan fingerprint density at radius 2 is 0.604 bits per heavy atom. The summed E-state index contributed by atoms with van der Waals surface area (Å²) in [4.78, 5) is 68.9. The predicted octanol–water partition coefficient (Wildman–Crippen LogP) is 22.6. The average molecular weight is 1870 g/mol. The molecule has 8 aromatic carbocycles. The molecule has 16 nitrogen and oxygen atoms in total. The lowest BCUT2D eigenvalue weighted by Crippen LogP contribution is -2.30. The summed E-state index contributed by atoms with van der Waals surface area (Å²) in [5.74, 6) is -2.15. The summed E-state index contributed by atoms with van der Waals surface area (Å²) in [7, 11) is 0. The molecule has 0 aliphatic carbocycles. The van der Waals surface area contributed by atoms with Crippen molar-refractivity contribution < 1.29 is 23.6 Å². The summed E-state index contributed by atoms with van der Waals surface area (Å²) in [5, 5.41) is 50.3. The summed E-state index contributed by atoms with van der Waals surface area (Å²) < 4.78 is 17.2. The van der Waals surface area contributed by atoms with Crippen molar-refractivity contribution in [1.29, 1.82) is 21.0 Å². The molecule has 0 aliphatic rings. The molecule has 4 amide bonds. The standard InChI is InChI=1S/C22H18BrN3O.C21H14BrCl2N3O.C20H11BrCl3N3O.C20H11BrCl2FN3O/c1-14-3-5-16(6-4-14)21(20-10-9-19(23)13-25-20)26-22(27)17-7-8-18(12-24)15(2)11-17;1-12-8-14(2-3-15(12)10-25)21(28)27-20(19-7-5-16(22)11-26-19)13-4-6-17(23)18(24)9-13;21-14-4-6-18(26-10-14)19(11-3-5-15(22)17(24)7-11)27-20(28)12-1-2-13(9-25)16(23)8-12;21-14-4-6-18(26-10-14)19(11-3-5-15(22)16(23)7-11)27-20(28)12-1-2-13(9-25)17(24)8-12/h3-11,13,21H,1-2H3,(H,26,27);2-9,11,20H,1H3,(H,27,28);2*1-8,10,19H,(H,27,28)/t21-;20-;2*19-/m0000/s1. The van der Waals surface area contributed by atoms with Gasteiger partial charge in [-0.3, -0.25) is 39.1 Å². The summed E-state index contributed by atoms with van der Waals surface area (Å²) in [6, 6.07) is 61.9. The Labute approximate surface area is 707 Å². The SMILES string of the molecule is Cc1cc(C(=O)N[C@@H](c2ccc(Cl)c(Cl)c2)c2ccc(Br)cn2)ccc1C#N.Cc1ccc([C@H](NC(=O)c2ccc(C#N)c(C)c2)c2ccc(Br)cn2)cc1.N#Cc1ccc(C(=O)N[C@@H](c2ccc(Cl)c(Cl)c2)c2ccc(Br)cn2)cc1Cl.N#Cc1ccc(C(=O)N[C@@H](c2ccc(Cl)c(Cl)c2)c2ccc(Br)cn2)cc1F. The Kier molecular flexibility index (Phi) is 30.9. The van der Waals surface area contributed by atoms with Gasteiger partial charge in [-0.1, -0.05) is 129 Å². The second kappa shape index (κ2) is 40.3. The zero-order valence-electron chi connectivity index (χ0n) is 57.9. The number of aryl methyl sites for hydroxylation is 3. The Morgan fingerprint density at radius 3 is 0.874 bits per heavy atom. The van der Waals surface area contributed by atoms with Crippen LogP contribution in [0.25, 0.3) is 0 Å². The maximum Gasteiger partial charge on any atom is 0.252 e. The quantitative estimate of drug-likeness (QED) is 0.0704. The van der Waals surface area contributed by atoms with E-state index in [0.29, 0.717) is 86.2 Å². The number of rotatable bonds is 16. The number of nitrogens with one attached hydrogen (secondary N) is 4. The van der Waals surface area contributed by atoms with Crippen molar-refractivity contribution in [1.82, 2.24) is 41.2 Å². The van der Waals surface area contributed by atoms with Crippen LogP contribution in [-0.2, 0) is 0 Å². The monoisotopic (exact) mass is 1860 g/mol. The smallest absolute Gasteiger partial charge is 0.252 e. The van der Waals surface area contributed by atoms with Crippen molar-refractivity contribution in [3.63, 3.8) is 0 Å². The highest BCUT2D eigenvalue weighted by Crippen LogP contribution is 2.34. The van der Waals surface area contributed by atoms with Crippen LogP contribution < -0.4 is 21.3 Å². The number of hydrogen-bond acceptors (Lipinski definition) is 12. The van der Waals surface area contributed by atoms with Gasteiger partial charge in [0.2, 0.25) is 0 Å². The lowest BCUT2D eigenvalue weighted by molar-refractivity contribution is 0.0934. The first-order chi connectivity index (χ1) is 53.1. The number of halogens is 12. The molecular formula is C83H54Br4Cl7FN12O4. The first kappa shape index (κ1) is 85.1. The minimum atomic E-state index is -0.761. The van der Waals surface area contributed by atoms with Crippen LogP contribution in [0.15, 0.2) is 243 Å². The average Bonchev–Trinajstić information content (AvgIpc) is 0.762. The van der Waals surface area contributed by atoms with Crippen LogP contribution in [-0.4, -0.2) is 43.6 Å². The van der Waals surface area contributed by atoms with Gasteiger partial charge >= 0.3 is 0 Å². The molecule has 111 heavy (non-hydrogen) atoms. The Hall–Kier alpha value is -9.92. The second-order valence-electron chi connectivity index (χ2n) is 24.1. The van der Waals surface area contributed by atoms with Gasteiger partial charge in [0.15, 0.2) is 0 Å². The number of nitrogens with zero attached hydrogens (tertiary/aromatic N) is 8. The predicted molar refractivity (Wildman–Crippen MR) is 445 cm³/mol. The van der Waals surface area contributed by atoms with Crippen molar-refractivity contribution in [2.75, 3.05) is 0 Å². The number of benzene rings is 8. The fourth-order valence-electron chi connectivity index (χ4n) is 10.6. The van der Waals surface area contributed by atoms with Gasteiger partial charge in [-0.05, 0) is 276 Å². The van der Waals surface area contributed by atoms with E-state index in [0.717, 1.165) is 63.0 Å². The molecule has 4 N–H and O–H groups in total. The molecule has 0 spiro atoms. The van der Waals surface area contributed by atoms with Gasteiger partial charge in [0.05, 0.1) is 116 Å². The molecule has 28 heteroatoms. The number of pyridine rings is 4. The molecule has 4 atom stereocenters. The maximum absolute atomic E-state index is 13.9. The van der Waals surface area contributed by atoms with Gasteiger partial charge in [-0.15, -0.1) is 0 Å². The first-order valence-electron chi connectivity index (χ1n) is 32.7. The molecule has 12 rings (SSSR count). The van der Waals surface area contributed by atoms with Crippen LogP contribution in [0, 0.1) is 71.9 Å². The molecule has 0 radical (unpaired) electrons. The molecule has 0 saturated carbocycles. The molecule has 0 fully saturated rings. The summed E-state index contributed by atoms with van der Waals surface area (Å²) in [5.41, 5.74) is 11.0. The fourth-order valence-corrected chi connectivity index (χ4v) is 12.7. The van der Waals surface area contributed by atoms with E-state index >= 15 is 0 Å². The third-order valence-electron chi connectivity index (χ3n) is 16.4. The highest BCUT2D eigenvalue weighted by molar-refractivity contribution is 9.11. The third-order valence-corrected chi connectivity index (χ3v) is 20.9. The van der Waals surface area contributed by atoms with E-state index in [1.54, 1.807) is 153 Å². The number of carbonyl (C=O) groups is 4. The van der Waals surface area contributed by atoms with Crippen LogP contribution in [0.3, 0.4) is 0 Å². The van der Waals surface area contributed by atoms with Gasteiger partial charge in [0, 0.05) is 64.9 Å². The topological polar surface area (TPSA) is 263 Å². The number of carbonyl (C=O) groups excluding carboxylic acids is 4. The van der Waals surface area contributed by atoms with Crippen molar-refractivity contribution in [3.05, 3.63) is 390 Å². The van der Waals surface area contributed by atoms with Crippen molar-refractivity contribution in [2.24, 2.45) is 0 Å². The van der Waals surface area contributed by atoms with Gasteiger partial charge in [-0.25, -0.2) is 4.39 Å². The van der Waals surface area contributed by atoms with E-state index in [1.807, 2.05) is 74.5 Å². The lowest BCUT2D eigenvalue weighted by Gasteiger charge is -2.20. The molecule has 0 saturated heterocycles. The molecule has 554 valence electrons. The Bertz CT molecular complexity index is 5180.